The fraction of sp³-hybridized carbons (Fsp3) is 0.217. The Morgan fingerprint density at radius 1 is 1.09 bits per heavy atom. The van der Waals surface area contributed by atoms with E-state index in [1.807, 2.05) is 24.3 Å². The van der Waals surface area contributed by atoms with Gasteiger partial charge in [-0.25, -0.2) is 4.79 Å². The number of thioether (sulfide) groups is 1. The molecule has 0 saturated heterocycles. The molecule has 1 aliphatic heterocycles. The van der Waals surface area contributed by atoms with Gasteiger partial charge in [0.1, 0.15) is 5.92 Å². The van der Waals surface area contributed by atoms with Crippen molar-refractivity contribution >= 4 is 45.5 Å². The van der Waals surface area contributed by atoms with E-state index in [4.69, 9.17) is 9.47 Å². The minimum Gasteiger partial charge on any atom is -0.468 e. The van der Waals surface area contributed by atoms with Crippen LogP contribution in [0, 0.1) is 17.2 Å². The number of ether oxygens (including phenoxy) is 2. The molecular formula is C23H19BrN2O5S. The van der Waals surface area contributed by atoms with E-state index in [9.17, 15) is 19.6 Å². The van der Waals surface area contributed by atoms with Crippen LogP contribution in [0.5, 0.6) is 0 Å². The minimum absolute atomic E-state index is 0.257. The number of nitriles is 1. The first-order chi connectivity index (χ1) is 15.4. The highest BCUT2D eigenvalue weighted by Crippen LogP contribution is 2.41. The molecule has 0 saturated carbocycles. The van der Waals surface area contributed by atoms with Crippen LogP contribution in [0.2, 0.25) is 0 Å². The number of esters is 2. The van der Waals surface area contributed by atoms with E-state index in [-0.39, 0.29) is 5.57 Å². The number of benzene rings is 2. The highest BCUT2D eigenvalue weighted by molar-refractivity contribution is 9.10. The third-order valence-electron chi connectivity index (χ3n) is 4.97. The van der Waals surface area contributed by atoms with Crippen LogP contribution >= 0.6 is 27.7 Å². The summed E-state index contributed by atoms with van der Waals surface area (Å²) in [4.78, 5) is 37.1. The molecule has 2 aromatic rings. The number of allylic oxidation sites excluding steroid dienone is 1. The fourth-order valence-corrected chi connectivity index (χ4v) is 4.63. The summed E-state index contributed by atoms with van der Waals surface area (Å²) >= 11 is 4.70. The number of amides is 1. The zero-order valence-corrected chi connectivity index (χ0v) is 19.7. The average Bonchev–Trinajstić information content (AvgIpc) is 2.82. The predicted molar refractivity (Wildman–Crippen MR) is 122 cm³/mol. The Balaban J connectivity index is 2.01. The predicted octanol–water partition coefficient (Wildman–Crippen LogP) is 3.91. The Hall–Kier alpha value is -3.09. The van der Waals surface area contributed by atoms with Gasteiger partial charge in [0, 0.05) is 16.1 Å². The number of carbonyl (C=O) groups is 3. The standard InChI is InChI=1S/C23H19BrN2O5S/c1-30-22(28)15-7-5-14(6-8-15)18-17(11-25)21(26-20(27)19(18)23(29)31-2)32-12-13-3-9-16(24)10-4-13/h3-10,18-19H,12H2,1-2H3,(H,26,27)/t18-,19+/m0/s1. The lowest BCUT2D eigenvalue weighted by Crippen LogP contribution is -2.44. The van der Waals surface area contributed by atoms with Gasteiger partial charge in [-0.1, -0.05) is 40.2 Å². The zero-order valence-electron chi connectivity index (χ0n) is 17.3. The Bertz CT molecular complexity index is 1110. The molecule has 7 nitrogen and oxygen atoms in total. The Kier molecular flexibility index (Phi) is 7.72. The first-order valence-electron chi connectivity index (χ1n) is 9.48. The number of carbonyl (C=O) groups excluding carboxylic acids is 3. The van der Waals surface area contributed by atoms with Crippen LogP contribution in [-0.4, -0.2) is 32.1 Å². The van der Waals surface area contributed by atoms with Crippen LogP contribution in [0.3, 0.4) is 0 Å². The molecular weight excluding hydrogens is 496 g/mol. The third-order valence-corrected chi connectivity index (χ3v) is 6.59. The molecule has 0 bridgehead atoms. The van der Waals surface area contributed by atoms with Gasteiger partial charge in [-0.15, -0.1) is 11.8 Å². The molecule has 32 heavy (non-hydrogen) atoms. The smallest absolute Gasteiger partial charge is 0.337 e. The molecule has 9 heteroatoms. The topological polar surface area (TPSA) is 105 Å². The number of nitrogens with zero attached hydrogens (tertiary/aromatic N) is 1. The van der Waals surface area contributed by atoms with Gasteiger partial charge in [-0.3, -0.25) is 9.59 Å². The molecule has 0 unspecified atom stereocenters. The van der Waals surface area contributed by atoms with Crippen molar-refractivity contribution in [3.63, 3.8) is 0 Å². The van der Waals surface area contributed by atoms with Crippen molar-refractivity contribution in [3.05, 3.63) is 80.3 Å². The monoisotopic (exact) mass is 514 g/mol. The quantitative estimate of drug-likeness (QED) is 0.460. The summed E-state index contributed by atoms with van der Waals surface area (Å²) in [7, 11) is 2.47. The summed E-state index contributed by atoms with van der Waals surface area (Å²) in [5.74, 6) is -3.35. The lowest BCUT2D eigenvalue weighted by atomic mass is 9.78. The Labute approximate surface area is 197 Å². The highest BCUT2D eigenvalue weighted by atomic mass is 79.9. The van der Waals surface area contributed by atoms with Crippen molar-refractivity contribution in [2.45, 2.75) is 11.7 Å². The van der Waals surface area contributed by atoms with Gasteiger partial charge in [-0.05, 0) is 35.4 Å². The number of hydrogen-bond acceptors (Lipinski definition) is 7. The number of rotatable bonds is 6. The van der Waals surface area contributed by atoms with E-state index >= 15 is 0 Å². The summed E-state index contributed by atoms with van der Waals surface area (Å²) in [6, 6.07) is 16.2. The molecule has 0 aromatic heterocycles. The molecule has 1 N–H and O–H groups in total. The van der Waals surface area contributed by atoms with Crippen molar-refractivity contribution in [1.29, 1.82) is 5.26 Å². The number of nitrogens with one attached hydrogen (secondary N) is 1. The SMILES string of the molecule is COC(=O)c1ccc([C@H]2C(C#N)=C(SCc3ccc(Br)cc3)NC(=O)[C@@H]2C(=O)OC)cc1. The second-order valence-corrected chi connectivity index (χ2v) is 8.75. The maximum atomic E-state index is 12.9. The van der Waals surface area contributed by atoms with Crippen LogP contribution < -0.4 is 5.32 Å². The van der Waals surface area contributed by atoms with Gasteiger partial charge < -0.3 is 14.8 Å². The van der Waals surface area contributed by atoms with Gasteiger partial charge in [0.15, 0.2) is 0 Å². The van der Waals surface area contributed by atoms with Crippen LogP contribution in [0.15, 0.2) is 63.6 Å². The average molecular weight is 515 g/mol. The van der Waals surface area contributed by atoms with Crippen molar-refractivity contribution in [3.8, 4) is 6.07 Å². The normalized spacial score (nSPS) is 17.9. The fourth-order valence-electron chi connectivity index (χ4n) is 3.36. The molecule has 164 valence electrons. The van der Waals surface area contributed by atoms with E-state index in [2.05, 4.69) is 27.3 Å². The van der Waals surface area contributed by atoms with Gasteiger partial charge in [0.2, 0.25) is 5.91 Å². The number of hydrogen-bond donors (Lipinski definition) is 1. The molecule has 2 atom stereocenters. The lowest BCUT2D eigenvalue weighted by molar-refractivity contribution is -0.150. The van der Waals surface area contributed by atoms with Crippen molar-refractivity contribution in [1.82, 2.24) is 5.32 Å². The number of halogens is 1. The lowest BCUT2D eigenvalue weighted by Gasteiger charge is -2.31. The highest BCUT2D eigenvalue weighted by Gasteiger charge is 2.44. The molecule has 2 aromatic carbocycles. The summed E-state index contributed by atoms with van der Waals surface area (Å²) in [5.41, 5.74) is 2.12. The molecule has 0 radical (unpaired) electrons. The molecule has 3 rings (SSSR count). The first kappa shape index (κ1) is 23.6. The van der Waals surface area contributed by atoms with Crippen molar-refractivity contribution < 1.29 is 23.9 Å². The molecule has 0 fully saturated rings. The van der Waals surface area contributed by atoms with E-state index in [1.165, 1.54) is 38.1 Å². The van der Waals surface area contributed by atoms with E-state index in [0.717, 1.165) is 10.0 Å². The summed E-state index contributed by atoms with van der Waals surface area (Å²) < 4.78 is 10.5. The second kappa shape index (κ2) is 10.5. The van der Waals surface area contributed by atoms with Crippen LogP contribution in [-0.2, 0) is 24.8 Å². The molecule has 1 amide bonds. The molecule has 1 aliphatic rings. The van der Waals surface area contributed by atoms with Crippen LogP contribution in [0.25, 0.3) is 0 Å². The first-order valence-corrected chi connectivity index (χ1v) is 11.3. The van der Waals surface area contributed by atoms with E-state index < -0.39 is 29.7 Å². The molecule has 0 spiro atoms. The second-order valence-electron chi connectivity index (χ2n) is 6.85. The van der Waals surface area contributed by atoms with Crippen molar-refractivity contribution in [2.24, 2.45) is 5.92 Å². The van der Waals surface area contributed by atoms with Crippen LogP contribution in [0.4, 0.5) is 0 Å². The summed E-state index contributed by atoms with van der Waals surface area (Å²) in [6.07, 6.45) is 0. The molecule has 0 aliphatic carbocycles. The zero-order chi connectivity index (χ0) is 23.3. The largest absolute Gasteiger partial charge is 0.468 e. The minimum atomic E-state index is -1.23. The summed E-state index contributed by atoms with van der Waals surface area (Å²) in [5, 5.41) is 13.1. The van der Waals surface area contributed by atoms with E-state index in [0.29, 0.717) is 21.9 Å². The van der Waals surface area contributed by atoms with Gasteiger partial charge >= 0.3 is 11.9 Å². The molecule has 1 heterocycles. The Morgan fingerprint density at radius 3 is 2.31 bits per heavy atom. The van der Waals surface area contributed by atoms with Gasteiger partial charge in [-0.2, -0.15) is 5.26 Å². The van der Waals surface area contributed by atoms with Crippen LogP contribution in [0.1, 0.15) is 27.4 Å². The van der Waals surface area contributed by atoms with Gasteiger partial charge in [0.25, 0.3) is 0 Å². The summed E-state index contributed by atoms with van der Waals surface area (Å²) in [6.45, 7) is 0. The maximum Gasteiger partial charge on any atom is 0.337 e. The van der Waals surface area contributed by atoms with Gasteiger partial charge in [0.05, 0.1) is 36.5 Å². The number of methoxy groups -OCH3 is 2. The third kappa shape index (κ3) is 5.03. The Morgan fingerprint density at radius 2 is 1.75 bits per heavy atom. The maximum absolute atomic E-state index is 12.9. The van der Waals surface area contributed by atoms with E-state index in [1.54, 1.807) is 12.1 Å². The van der Waals surface area contributed by atoms with Crippen molar-refractivity contribution in [2.75, 3.05) is 14.2 Å².